The summed E-state index contributed by atoms with van der Waals surface area (Å²) < 4.78 is 4.75. The van der Waals surface area contributed by atoms with Gasteiger partial charge in [0.15, 0.2) is 17.5 Å². The number of nitrogens with zero attached hydrogens (tertiary/aromatic N) is 5. The Morgan fingerprint density at radius 2 is 0.815 bits per heavy atom. The number of para-hydroxylation sites is 1. The van der Waals surface area contributed by atoms with Gasteiger partial charge in [0.2, 0.25) is 0 Å². The third-order valence-electron chi connectivity index (χ3n) is 10.5. The Bertz CT molecular complexity index is 3090. The Morgan fingerprint density at radius 1 is 0.333 bits per heavy atom. The van der Waals surface area contributed by atoms with Crippen LogP contribution in [0, 0.1) is 0 Å². The van der Waals surface area contributed by atoms with Crippen molar-refractivity contribution in [2.45, 2.75) is 0 Å². The molecule has 11 aromatic rings. The molecule has 0 spiro atoms. The lowest BCUT2D eigenvalue weighted by atomic mass is 9.98. The molecule has 0 amide bonds. The lowest BCUT2D eigenvalue weighted by molar-refractivity contribution is 1.07. The maximum atomic E-state index is 4.99. The van der Waals surface area contributed by atoms with Crippen molar-refractivity contribution in [3.8, 4) is 56.7 Å². The number of hydrogen-bond acceptors (Lipinski definition) is 3. The van der Waals surface area contributed by atoms with Crippen LogP contribution in [0.5, 0.6) is 0 Å². The van der Waals surface area contributed by atoms with Gasteiger partial charge in [-0.1, -0.05) is 133 Å². The van der Waals surface area contributed by atoms with E-state index in [0.717, 1.165) is 39.2 Å². The molecule has 54 heavy (non-hydrogen) atoms. The second kappa shape index (κ2) is 12.1. The van der Waals surface area contributed by atoms with Crippen molar-refractivity contribution < 1.29 is 0 Å². The van der Waals surface area contributed by atoms with Crippen LogP contribution in [0.2, 0.25) is 0 Å². The smallest absolute Gasteiger partial charge is 0.164 e. The zero-order valence-electron chi connectivity index (χ0n) is 29.1. The van der Waals surface area contributed by atoms with Crippen LogP contribution in [0.25, 0.3) is 100 Å². The lowest BCUT2D eigenvalue weighted by Crippen LogP contribution is -2.00. The van der Waals surface area contributed by atoms with Crippen molar-refractivity contribution in [2.75, 3.05) is 0 Å². The van der Waals surface area contributed by atoms with Crippen LogP contribution in [0.3, 0.4) is 0 Å². The fourth-order valence-corrected chi connectivity index (χ4v) is 8.14. The normalized spacial score (nSPS) is 11.7. The Morgan fingerprint density at radius 3 is 1.48 bits per heavy atom. The summed E-state index contributed by atoms with van der Waals surface area (Å²) in [4.78, 5) is 14.9. The van der Waals surface area contributed by atoms with Crippen molar-refractivity contribution in [2.24, 2.45) is 0 Å². The van der Waals surface area contributed by atoms with Crippen LogP contribution in [0.1, 0.15) is 0 Å². The molecule has 0 N–H and O–H groups in total. The first-order chi connectivity index (χ1) is 26.8. The maximum Gasteiger partial charge on any atom is 0.164 e. The van der Waals surface area contributed by atoms with E-state index >= 15 is 0 Å². The molecule has 0 bridgehead atoms. The van der Waals surface area contributed by atoms with E-state index in [1.165, 1.54) is 43.5 Å². The zero-order chi connectivity index (χ0) is 35.6. The predicted molar refractivity (Wildman–Crippen MR) is 221 cm³/mol. The summed E-state index contributed by atoms with van der Waals surface area (Å²) in [7, 11) is 0. The summed E-state index contributed by atoms with van der Waals surface area (Å²) in [6.07, 6.45) is 2.21. The highest BCUT2D eigenvalue weighted by Crippen LogP contribution is 2.44. The Balaban J connectivity index is 1.06. The maximum absolute atomic E-state index is 4.99. The first-order valence-corrected chi connectivity index (χ1v) is 18.2. The third-order valence-corrected chi connectivity index (χ3v) is 10.5. The van der Waals surface area contributed by atoms with Gasteiger partial charge in [0.05, 0.1) is 16.6 Å². The van der Waals surface area contributed by atoms with Gasteiger partial charge in [0, 0.05) is 55.8 Å². The summed E-state index contributed by atoms with van der Waals surface area (Å²) in [6, 6.07) is 63.9. The summed E-state index contributed by atoms with van der Waals surface area (Å²) in [5.41, 5.74) is 10.9. The summed E-state index contributed by atoms with van der Waals surface area (Å²) in [6.45, 7) is 0. The van der Waals surface area contributed by atoms with E-state index in [4.69, 9.17) is 15.0 Å². The molecule has 0 aliphatic carbocycles. The van der Waals surface area contributed by atoms with E-state index in [1.54, 1.807) is 0 Å². The molecule has 8 aromatic carbocycles. The van der Waals surface area contributed by atoms with Crippen molar-refractivity contribution in [1.82, 2.24) is 24.1 Å². The molecule has 3 aromatic heterocycles. The minimum absolute atomic E-state index is 0.640. The minimum Gasteiger partial charge on any atom is -0.316 e. The van der Waals surface area contributed by atoms with Crippen LogP contribution >= 0.6 is 0 Å². The monoisotopic (exact) mass is 689 g/mol. The first-order valence-electron chi connectivity index (χ1n) is 18.2. The van der Waals surface area contributed by atoms with E-state index in [2.05, 4.69) is 137 Å². The molecule has 0 atom stereocenters. The van der Waals surface area contributed by atoms with Gasteiger partial charge in [-0.3, -0.25) is 0 Å². The second-order valence-corrected chi connectivity index (χ2v) is 13.7. The highest BCUT2D eigenvalue weighted by Gasteiger charge is 2.22. The molecular weight excluding hydrogens is 659 g/mol. The van der Waals surface area contributed by atoms with Crippen LogP contribution < -0.4 is 0 Å². The second-order valence-electron chi connectivity index (χ2n) is 13.7. The molecule has 5 nitrogen and oxygen atoms in total. The van der Waals surface area contributed by atoms with Gasteiger partial charge < -0.3 is 9.13 Å². The standard InChI is InChI=1S/C49H31N5/c1-4-14-32(15-5-1)47-50-48(33-16-6-2-7-17-33)52-49(51-47)36-20-10-18-34(30-36)35-19-11-23-38(31-35)54-42-26-12-24-39-40-28-29-53(37-21-8-3-9-22-37)46(40)41-25-13-27-43(54)45(41)44(39)42/h1-31H. The number of benzene rings is 8. The van der Waals surface area contributed by atoms with E-state index in [0.29, 0.717) is 17.5 Å². The van der Waals surface area contributed by atoms with Crippen LogP contribution in [-0.4, -0.2) is 24.1 Å². The van der Waals surface area contributed by atoms with Crippen molar-refractivity contribution in [1.29, 1.82) is 0 Å². The van der Waals surface area contributed by atoms with Gasteiger partial charge >= 0.3 is 0 Å². The Hall–Kier alpha value is -7.37. The topological polar surface area (TPSA) is 48.5 Å². The fourth-order valence-electron chi connectivity index (χ4n) is 8.14. The van der Waals surface area contributed by atoms with Crippen LogP contribution in [0.4, 0.5) is 0 Å². The number of fused-ring (bicyclic) bond motifs is 3. The molecule has 0 fully saturated rings. The van der Waals surface area contributed by atoms with Gasteiger partial charge in [-0.2, -0.15) is 0 Å². The van der Waals surface area contributed by atoms with E-state index in [-0.39, 0.29) is 0 Å². The fraction of sp³-hybridized carbons (Fsp3) is 0. The molecule has 3 heterocycles. The summed E-state index contributed by atoms with van der Waals surface area (Å²) >= 11 is 0. The van der Waals surface area contributed by atoms with Crippen molar-refractivity contribution >= 4 is 43.5 Å². The third kappa shape index (κ3) is 4.76. The number of aromatic nitrogens is 5. The average Bonchev–Trinajstić information content (AvgIpc) is 3.86. The van der Waals surface area contributed by atoms with Gasteiger partial charge in [0.1, 0.15) is 0 Å². The Labute approximate surface area is 311 Å². The number of rotatable bonds is 6. The molecule has 0 saturated carbocycles. The van der Waals surface area contributed by atoms with Gasteiger partial charge in [-0.25, -0.2) is 15.0 Å². The number of hydrogen-bond donors (Lipinski definition) is 0. The highest BCUT2D eigenvalue weighted by molar-refractivity contribution is 6.34. The predicted octanol–water partition coefficient (Wildman–Crippen LogP) is 12.2. The molecule has 0 aliphatic heterocycles. The largest absolute Gasteiger partial charge is 0.316 e. The minimum atomic E-state index is 0.640. The van der Waals surface area contributed by atoms with E-state index in [1.807, 2.05) is 60.7 Å². The van der Waals surface area contributed by atoms with Gasteiger partial charge in [0.25, 0.3) is 0 Å². The van der Waals surface area contributed by atoms with Crippen molar-refractivity contribution in [3.05, 3.63) is 188 Å². The quantitative estimate of drug-likeness (QED) is 0.163. The lowest BCUT2D eigenvalue weighted by Gasteiger charge is -2.12. The van der Waals surface area contributed by atoms with E-state index in [9.17, 15) is 0 Å². The first kappa shape index (κ1) is 30.3. The van der Waals surface area contributed by atoms with Crippen LogP contribution in [0.15, 0.2) is 188 Å². The SMILES string of the molecule is c1ccc(-c2nc(-c3ccccc3)nc(-c3cccc(-c4cccc(-n5c6cccc7c8ccn(-c9ccccc9)c8c8cccc5c8c76)c4)c3)n2)cc1. The molecule has 252 valence electrons. The molecule has 0 aliphatic rings. The molecule has 0 saturated heterocycles. The van der Waals surface area contributed by atoms with Crippen molar-refractivity contribution in [3.63, 3.8) is 0 Å². The van der Waals surface area contributed by atoms with E-state index < -0.39 is 0 Å². The summed E-state index contributed by atoms with van der Waals surface area (Å²) in [5.74, 6) is 1.94. The van der Waals surface area contributed by atoms with Crippen LogP contribution in [-0.2, 0) is 0 Å². The molecule has 5 heteroatoms. The molecular formula is C49H31N5. The zero-order valence-corrected chi connectivity index (χ0v) is 29.1. The highest BCUT2D eigenvalue weighted by atomic mass is 15.0. The molecule has 0 unspecified atom stereocenters. The van der Waals surface area contributed by atoms with Gasteiger partial charge in [-0.15, -0.1) is 0 Å². The summed E-state index contributed by atoms with van der Waals surface area (Å²) in [5, 5.41) is 6.37. The van der Waals surface area contributed by atoms with Gasteiger partial charge in [-0.05, 0) is 65.0 Å². The average molecular weight is 690 g/mol. The molecule has 11 rings (SSSR count). The molecule has 0 radical (unpaired) electrons. The Kier molecular flexibility index (Phi) is 6.79.